The lowest BCUT2D eigenvalue weighted by Gasteiger charge is -2.21. The van der Waals surface area contributed by atoms with Crippen LogP contribution in [0.1, 0.15) is 25.8 Å². The van der Waals surface area contributed by atoms with Crippen LogP contribution in [0.2, 0.25) is 0 Å². The van der Waals surface area contributed by atoms with E-state index in [0.29, 0.717) is 12.1 Å². The normalized spacial score (nSPS) is 19.6. The van der Waals surface area contributed by atoms with Gasteiger partial charge in [0.25, 0.3) is 0 Å². The van der Waals surface area contributed by atoms with E-state index in [1.165, 1.54) is 13.0 Å². The monoisotopic (exact) mass is 278 g/mol. The minimum Gasteiger partial charge on any atom is -0.493 e. The van der Waals surface area contributed by atoms with Gasteiger partial charge in [0.2, 0.25) is 0 Å². The second kappa shape index (κ2) is 6.95. The quantitative estimate of drug-likeness (QED) is 0.865. The van der Waals surface area contributed by atoms with E-state index in [2.05, 4.69) is 30.1 Å². The molecule has 0 saturated carbocycles. The first kappa shape index (κ1) is 15.1. The Morgan fingerprint density at radius 3 is 2.70 bits per heavy atom. The molecule has 0 aliphatic carbocycles. The number of hydrogen-bond acceptors (Lipinski definition) is 4. The second-order valence-electron chi connectivity index (χ2n) is 5.61. The summed E-state index contributed by atoms with van der Waals surface area (Å²) in [6.07, 6.45) is 1.21. The van der Waals surface area contributed by atoms with Crippen molar-refractivity contribution in [2.45, 2.75) is 38.9 Å². The number of likely N-dealkylation sites (tertiary alicyclic amines) is 1. The highest BCUT2D eigenvalue weighted by atomic mass is 16.5. The van der Waals surface area contributed by atoms with Crippen molar-refractivity contribution in [3.63, 3.8) is 0 Å². The maximum absolute atomic E-state index is 5.47. The van der Waals surface area contributed by atoms with Crippen molar-refractivity contribution in [3.05, 3.63) is 23.8 Å². The van der Waals surface area contributed by atoms with E-state index in [4.69, 9.17) is 9.47 Å². The highest BCUT2D eigenvalue weighted by molar-refractivity contribution is 5.46. The minimum atomic E-state index is 0.563. The Balaban J connectivity index is 1.95. The summed E-state index contributed by atoms with van der Waals surface area (Å²) in [6.45, 7) is 7.65. The van der Waals surface area contributed by atoms with Crippen LogP contribution in [-0.4, -0.2) is 44.3 Å². The molecule has 20 heavy (non-hydrogen) atoms. The lowest BCUT2D eigenvalue weighted by atomic mass is 10.1. The van der Waals surface area contributed by atoms with Crippen LogP contribution >= 0.6 is 0 Å². The van der Waals surface area contributed by atoms with Crippen LogP contribution in [0.15, 0.2) is 18.2 Å². The fourth-order valence-electron chi connectivity index (χ4n) is 2.77. The third kappa shape index (κ3) is 3.44. The molecule has 0 spiro atoms. The molecular formula is C16H26N2O2. The van der Waals surface area contributed by atoms with E-state index in [0.717, 1.165) is 30.2 Å². The van der Waals surface area contributed by atoms with Crippen molar-refractivity contribution in [1.82, 2.24) is 10.2 Å². The molecule has 1 heterocycles. The van der Waals surface area contributed by atoms with Crippen molar-refractivity contribution in [3.8, 4) is 11.5 Å². The summed E-state index contributed by atoms with van der Waals surface area (Å²) in [7, 11) is 3.37. The molecule has 1 atom stereocenters. The van der Waals surface area contributed by atoms with Crippen LogP contribution < -0.4 is 14.8 Å². The summed E-state index contributed by atoms with van der Waals surface area (Å²) in [5.41, 5.74) is 1.15. The zero-order valence-electron chi connectivity index (χ0n) is 13.0. The van der Waals surface area contributed by atoms with Crippen molar-refractivity contribution in [1.29, 1.82) is 0 Å². The summed E-state index contributed by atoms with van der Waals surface area (Å²) in [6, 6.07) is 7.22. The first-order valence-electron chi connectivity index (χ1n) is 7.33. The van der Waals surface area contributed by atoms with Gasteiger partial charge in [-0.2, -0.15) is 0 Å². The van der Waals surface area contributed by atoms with Crippen LogP contribution in [0.4, 0.5) is 0 Å². The number of nitrogens with one attached hydrogen (secondary N) is 1. The zero-order valence-corrected chi connectivity index (χ0v) is 13.0. The number of nitrogens with zero attached hydrogens (tertiary/aromatic N) is 1. The predicted octanol–water partition coefficient (Wildman–Crippen LogP) is 2.28. The highest BCUT2D eigenvalue weighted by Gasteiger charge is 2.23. The Labute approximate surface area is 122 Å². The van der Waals surface area contributed by atoms with Gasteiger partial charge in [-0.25, -0.2) is 0 Å². The molecule has 112 valence electrons. The molecular weight excluding hydrogens is 252 g/mol. The third-order valence-electron chi connectivity index (χ3n) is 4.02. The molecule has 0 bridgehead atoms. The van der Waals surface area contributed by atoms with Gasteiger partial charge in [0.05, 0.1) is 14.2 Å². The van der Waals surface area contributed by atoms with Crippen molar-refractivity contribution in [2.24, 2.45) is 0 Å². The van der Waals surface area contributed by atoms with Crippen LogP contribution in [-0.2, 0) is 6.54 Å². The Morgan fingerprint density at radius 2 is 2.10 bits per heavy atom. The molecule has 0 unspecified atom stereocenters. The molecule has 1 fully saturated rings. The van der Waals surface area contributed by atoms with Crippen LogP contribution in [0.5, 0.6) is 11.5 Å². The minimum absolute atomic E-state index is 0.563. The fourth-order valence-corrected chi connectivity index (χ4v) is 2.77. The first-order valence-corrected chi connectivity index (χ1v) is 7.33. The van der Waals surface area contributed by atoms with E-state index in [1.54, 1.807) is 14.2 Å². The molecule has 2 rings (SSSR count). The van der Waals surface area contributed by atoms with Gasteiger partial charge in [0.1, 0.15) is 0 Å². The third-order valence-corrected chi connectivity index (χ3v) is 4.02. The number of ether oxygens (including phenoxy) is 2. The van der Waals surface area contributed by atoms with E-state index in [1.807, 2.05) is 12.1 Å². The van der Waals surface area contributed by atoms with Crippen molar-refractivity contribution < 1.29 is 9.47 Å². The molecule has 1 aromatic rings. The second-order valence-corrected chi connectivity index (χ2v) is 5.61. The van der Waals surface area contributed by atoms with Gasteiger partial charge in [-0.05, 0) is 32.9 Å². The summed E-state index contributed by atoms with van der Waals surface area (Å²) >= 11 is 0. The molecule has 4 nitrogen and oxygen atoms in total. The van der Waals surface area contributed by atoms with Gasteiger partial charge in [-0.1, -0.05) is 12.1 Å². The maximum Gasteiger partial charge on any atom is 0.165 e. The van der Waals surface area contributed by atoms with Gasteiger partial charge >= 0.3 is 0 Å². The smallest absolute Gasteiger partial charge is 0.165 e. The number of para-hydroxylation sites is 1. The largest absolute Gasteiger partial charge is 0.493 e. The van der Waals surface area contributed by atoms with Gasteiger partial charge in [0, 0.05) is 30.7 Å². The molecule has 1 N–H and O–H groups in total. The van der Waals surface area contributed by atoms with Crippen molar-refractivity contribution >= 4 is 0 Å². The Kier molecular flexibility index (Phi) is 5.26. The molecule has 0 amide bonds. The Hall–Kier alpha value is -1.26. The first-order chi connectivity index (χ1) is 9.65. The standard InChI is InChI=1S/C16H26N2O2/c1-12(2)18-9-8-14(11-18)17-10-13-6-5-7-15(19-3)16(13)20-4/h5-7,12,14,17H,8-11H2,1-4H3/t14-/m1/s1. The summed E-state index contributed by atoms with van der Waals surface area (Å²) in [5.74, 6) is 1.63. The van der Waals surface area contributed by atoms with E-state index >= 15 is 0 Å². The molecule has 0 radical (unpaired) electrons. The molecule has 4 heteroatoms. The Morgan fingerprint density at radius 1 is 1.30 bits per heavy atom. The summed E-state index contributed by atoms with van der Waals surface area (Å²) in [5, 5.41) is 3.63. The van der Waals surface area contributed by atoms with E-state index < -0.39 is 0 Å². The average molecular weight is 278 g/mol. The molecule has 1 aliphatic rings. The molecule has 1 aromatic carbocycles. The zero-order chi connectivity index (χ0) is 14.5. The number of methoxy groups -OCH3 is 2. The summed E-state index contributed by atoms with van der Waals surface area (Å²) in [4.78, 5) is 2.51. The van der Waals surface area contributed by atoms with E-state index in [-0.39, 0.29) is 0 Å². The maximum atomic E-state index is 5.47. The number of rotatable bonds is 6. The van der Waals surface area contributed by atoms with Gasteiger partial charge in [-0.15, -0.1) is 0 Å². The van der Waals surface area contributed by atoms with Gasteiger partial charge < -0.3 is 14.8 Å². The molecule has 1 saturated heterocycles. The fraction of sp³-hybridized carbons (Fsp3) is 0.625. The van der Waals surface area contributed by atoms with Gasteiger partial charge in [-0.3, -0.25) is 4.90 Å². The topological polar surface area (TPSA) is 33.7 Å². The lowest BCUT2D eigenvalue weighted by molar-refractivity contribution is 0.268. The highest BCUT2D eigenvalue weighted by Crippen LogP contribution is 2.30. The SMILES string of the molecule is COc1cccc(CN[C@@H]2CCN(C(C)C)C2)c1OC. The van der Waals surface area contributed by atoms with Crippen LogP contribution in [0, 0.1) is 0 Å². The van der Waals surface area contributed by atoms with Crippen molar-refractivity contribution in [2.75, 3.05) is 27.3 Å². The predicted molar refractivity (Wildman–Crippen MR) is 81.5 cm³/mol. The molecule has 0 aromatic heterocycles. The van der Waals surface area contributed by atoms with Gasteiger partial charge in [0.15, 0.2) is 11.5 Å². The van der Waals surface area contributed by atoms with E-state index in [9.17, 15) is 0 Å². The number of hydrogen-bond donors (Lipinski definition) is 1. The lowest BCUT2D eigenvalue weighted by Crippen LogP contribution is -2.34. The number of benzene rings is 1. The van der Waals surface area contributed by atoms with Crippen LogP contribution in [0.25, 0.3) is 0 Å². The summed E-state index contributed by atoms with van der Waals surface area (Å²) < 4.78 is 10.8. The van der Waals surface area contributed by atoms with Crippen LogP contribution in [0.3, 0.4) is 0 Å². The average Bonchev–Trinajstić information content (AvgIpc) is 2.93. The molecule has 1 aliphatic heterocycles. The Bertz CT molecular complexity index is 434.